The van der Waals surface area contributed by atoms with Crippen LogP contribution < -0.4 is 5.73 Å². The molecule has 1 heterocycles. The molecule has 1 aromatic heterocycles. The highest BCUT2D eigenvalue weighted by molar-refractivity contribution is 6.29. The van der Waals surface area contributed by atoms with Gasteiger partial charge in [-0.15, -0.1) is 0 Å². The molecule has 0 aliphatic heterocycles. The van der Waals surface area contributed by atoms with Gasteiger partial charge in [-0.1, -0.05) is 11.6 Å². The molecule has 0 aromatic carbocycles. The lowest BCUT2D eigenvalue weighted by Gasteiger charge is -2.19. The molecule has 2 N–H and O–H groups in total. The Labute approximate surface area is 110 Å². The van der Waals surface area contributed by atoms with Crippen LogP contribution in [0.1, 0.15) is 10.4 Å². The van der Waals surface area contributed by atoms with Gasteiger partial charge in [-0.05, 0) is 6.07 Å². The highest BCUT2D eigenvalue weighted by Crippen LogP contribution is 2.16. The van der Waals surface area contributed by atoms with E-state index in [1.54, 1.807) is 14.1 Å². The summed E-state index contributed by atoms with van der Waals surface area (Å²) in [4.78, 5) is 30.0. The Hall–Kier alpha value is -1.82. The molecule has 7 heteroatoms. The zero-order chi connectivity index (χ0) is 13.9. The Morgan fingerprint density at radius 3 is 2.56 bits per heavy atom. The third-order valence-corrected chi connectivity index (χ3v) is 2.56. The summed E-state index contributed by atoms with van der Waals surface area (Å²) in [5, 5.41) is 0.180. The lowest BCUT2D eigenvalue weighted by Crippen LogP contribution is -2.38. The molecule has 0 spiro atoms. The third-order valence-electron chi connectivity index (χ3n) is 2.35. The summed E-state index contributed by atoms with van der Waals surface area (Å²) in [5.41, 5.74) is 6.12. The highest BCUT2D eigenvalue weighted by Gasteiger charge is 2.18. The molecule has 0 saturated heterocycles. The first kappa shape index (κ1) is 14.2. The van der Waals surface area contributed by atoms with Crippen LogP contribution in [-0.4, -0.2) is 54.3 Å². The maximum Gasteiger partial charge on any atom is 0.256 e. The number of carbonyl (C=O) groups excluding carboxylic acids is 2. The van der Waals surface area contributed by atoms with E-state index >= 15 is 0 Å². The molecule has 0 aliphatic carbocycles. The fourth-order valence-corrected chi connectivity index (χ4v) is 1.41. The molecule has 0 radical (unpaired) electrons. The SMILES string of the molecule is CN(C)C(=O)CN(C)C(=O)c1cc(Cl)ncc1N. The van der Waals surface area contributed by atoms with Gasteiger partial charge in [-0.25, -0.2) is 4.98 Å². The summed E-state index contributed by atoms with van der Waals surface area (Å²) in [6.45, 7) is -0.0226. The molecule has 0 bridgehead atoms. The van der Waals surface area contributed by atoms with Crippen LogP contribution in [-0.2, 0) is 4.79 Å². The van der Waals surface area contributed by atoms with Crippen molar-refractivity contribution in [2.45, 2.75) is 0 Å². The van der Waals surface area contributed by atoms with Crippen molar-refractivity contribution in [2.24, 2.45) is 0 Å². The standard InChI is InChI=1S/C11H15ClN4O2/c1-15(2)10(17)6-16(3)11(18)7-4-9(12)14-5-8(7)13/h4-5H,6,13H2,1-3H3. The van der Waals surface area contributed by atoms with Crippen molar-refractivity contribution in [3.8, 4) is 0 Å². The number of pyridine rings is 1. The van der Waals surface area contributed by atoms with Crippen LogP contribution in [0, 0.1) is 0 Å². The number of nitrogen functional groups attached to an aromatic ring is 1. The van der Waals surface area contributed by atoms with Crippen LogP contribution >= 0.6 is 11.6 Å². The molecule has 0 saturated carbocycles. The molecule has 1 rings (SSSR count). The number of anilines is 1. The first-order chi connectivity index (χ1) is 8.32. The van der Waals surface area contributed by atoms with E-state index < -0.39 is 0 Å². The molecular weight excluding hydrogens is 256 g/mol. The van der Waals surface area contributed by atoms with E-state index in [1.165, 1.54) is 29.1 Å². The second-order valence-electron chi connectivity index (χ2n) is 4.04. The fraction of sp³-hybridized carbons (Fsp3) is 0.364. The van der Waals surface area contributed by atoms with E-state index in [-0.39, 0.29) is 34.8 Å². The van der Waals surface area contributed by atoms with Crippen LogP contribution in [0.15, 0.2) is 12.3 Å². The van der Waals surface area contributed by atoms with Crippen LogP contribution in [0.5, 0.6) is 0 Å². The van der Waals surface area contributed by atoms with Gasteiger partial charge in [-0.2, -0.15) is 0 Å². The molecular formula is C11H15ClN4O2. The molecule has 1 aromatic rings. The molecule has 6 nitrogen and oxygen atoms in total. The summed E-state index contributed by atoms with van der Waals surface area (Å²) in [7, 11) is 4.77. The second kappa shape index (κ2) is 5.68. The predicted octanol–water partition coefficient (Wildman–Crippen LogP) is 0.477. The topological polar surface area (TPSA) is 79.5 Å². The van der Waals surface area contributed by atoms with Crippen molar-refractivity contribution in [3.05, 3.63) is 23.0 Å². The summed E-state index contributed by atoms with van der Waals surface area (Å²) in [5.74, 6) is -0.545. The average Bonchev–Trinajstić information content (AvgIpc) is 2.31. The normalized spacial score (nSPS) is 10.0. The Morgan fingerprint density at radius 1 is 1.39 bits per heavy atom. The number of rotatable bonds is 3. The number of aromatic nitrogens is 1. The van der Waals surface area contributed by atoms with E-state index in [0.717, 1.165) is 0 Å². The minimum absolute atomic E-state index is 0.0226. The van der Waals surface area contributed by atoms with E-state index in [4.69, 9.17) is 17.3 Å². The van der Waals surface area contributed by atoms with Gasteiger partial charge in [0.1, 0.15) is 5.15 Å². The Morgan fingerprint density at radius 2 is 2.00 bits per heavy atom. The van der Waals surface area contributed by atoms with Crippen molar-refractivity contribution < 1.29 is 9.59 Å². The number of halogens is 1. The van der Waals surface area contributed by atoms with Crippen molar-refractivity contribution in [2.75, 3.05) is 33.4 Å². The Balaban J connectivity index is 2.87. The highest BCUT2D eigenvalue weighted by atomic mass is 35.5. The number of nitrogens with two attached hydrogens (primary N) is 1. The maximum atomic E-state index is 12.1. The van der Waals surface area contributed by atoms with Crippen LogP contribution in [0.3, 0.4) is 0 Å². The van der Waals surface area contributed by atoms with Crippen LogP contribution in [0.2, 0.25) is 5.15 Å². The van der Waals surface area contributed by atoms with Crippen molar-refractivity contribution in [3.63, 3.8) is 0 Å². The van der Waals surface area contributed by atoms with E-state index in [0.29, 0.717) is 0 Å². The summed E-state index contributed by atoms with van der Waals surface area (Å²) < 4.78 is 0. The third kappa shape index (κ3) is 3.33. The van der Waals surface area contributed by atoms with Gasteiger partial charge in [0.2, 0.25) is 5.91 Å². The molecule has 0 unspecified atom stereocenters. The maximum absolute atomic E-state index is 12.1. The lowest BCUT2D eigenvalue weighted by atomic mass is 10.2. The number of hydrogen-bond acceptors (Lipinski definition) is 4. The van der Waals surface area contributed by atoms with Crippen molar-refractivity contribution in [1.29, 1.82) is 0 Å². The quantitative estimate of drug-likeness (QED) is 0.810. The molecule has 18 heavy (non-hydrogen) atoms. The zero-order valence-electron chi connectivity index (χ0n) is 10.5. The van der Waals surface area contributed by atoms with Crippen LogP contribution in [0.25, 0.3) is 0 Å². The zero-order valence-corrected chi connectivity index (χ0v) is 11.2. The van der Waals surface area contributed by atoms with Gasteiger partial charge >= 0.3 is 0 Å². The van der Waals surface area contributed by atoms with Gasteiger partial charge in [0.05, 0.1) is 24.0 Å². The summed E-state index contributed by atoms with van der Waals surface area (Å²) in [6, 6.07) is 1.38. The number of amides is 2. The largest absolute Gasteiger partial charge is 0.397 e. The van der Waals surface area contributed by atoms with E-state index in [1.807, 2.05) is 0 Å². The van der Waals surface area contributed by atoms with Gasteiger partial charge in [0.15, 0.2) is 0 Å². The number of likely N-dealkylation sites (N-methyl/N-ethyl adjacent to an activating group) is 2. The fourth-order valence-electron chi connectivity index (χ4n) is 1.25. The van der Waals surface area contributed by atoms with Gasteiger partial charge in [0, 0.05) is 21.1 Å². The van der Waals surface area contributed by atoms with Gasteiger partial charge in [0.25, 0.3) is 5.91 Å². The molecule has 0 atom stereocenters. The molecule has 2 amide bonds. The number of nitrogens with zero attached hydrogens (tertiary/aromatic N) is 3. The number of carbonyl (C=O) groups is 2. The molecule has 0 aliphatic rings. The summed E-state index contributed by atoms with van der Waals surface area (Å²) >= 11 is 5.71. The van der Waals surface area contributed by atoms with Gasteiger partial charge < -0.3 is 15.5 Å². The van der Waals surface area contributed by atoms with Crippen molar-refractivity contribution >= 4 is 29.1 Å². The molecule has 0 fully saturated rings. The predicted molar refractivity (Wildman–Crippen MR) is 69.3 cm³/mol. The first-order valence-corrected chi connectivity index (χ1v) is 5.57. The molecule has 98 valence electrons. The minimum Gasteiger partial charge on any atom is -0.397 e. The minimum atomic E-state index is -0.369. The van der Waals surface area contributed by atoms with E-state index in [9.17, 15) is 9.59 Å². The smallest absolute Gasteiger partial charge is 0.256 e. The first-order valence-electron chi connectivity index (χ1n) is 5.19. The Bertz CT molecular complexity index is 476. The second-order valence-corrected chi connectivity index (χ2v) is 4.43. The van der Waals surface area contributed by atoms with Crippen molar-refractivity contribution in [1.82, 2.24) is 14.8 Å². The van der Waals surface area contributed by atoms with Gasteiger partial charge in [-0.3, -0.25) is 9.59 Å². The van der Waals surface area contributed by atoms with E-state index in [2.05, 4.69) is 4.98 Å². The Kier molecular flexibility index (Phi) is 4.49. The average molecular weight is 271 g/mol. The lowest BCUT2D eigenvalue weighted by molar-refractivity contribution is -0.129. The monoisotopic (exact) mass is 270 g/mol. The number of hydrogen-bond donors (Lipinski definition) is 1. The van der Waals surface area contributed by atoms with Crippen LogP contribution in [0.4, 0.5) is 5.69 Å². The summed E-state index contributed by atoms with van der Waals surface area (Å²) in [6.07, 6.45) is 1.32.